The van der Waals surface area contributed by atoms with Crippen molar-refractivity contribution in [2.45, 2.75) is 37.0 Å². The average molecular weight is 401 g/mol. The smallest absolute Gasteiger partial charge is 0.243 e. The Hall–Kier alpha value is -2.18. The van der Waals surface area contributed by atoms with Gasteiger partial charge in [-0.1, -0.05) is 55.5 Å². The van der Waals surface area contributed by atoms with Crippen LogP contribution in [0.3, 0.4) is 0 Å². The molecule has 0 spiro atoms. The lowest BCUT2D eigenvalue weighted by molar-refractivity contribution is -0.126. The van der Waals surface area contributed by atoms with Crippen molar-refractivity contribution in [1.82, 2.24) is 9.62 Å². The van der Waals surface area contributed by atoms with Crippen molar-refractivity contribution < 1.29 is 13.2 Å². The summed E-state index contributed by atoms with van der Waals surface area (Å²) in [6.07, 6.45) is 2.07. The summed E-state index contributed by atoms with van der Waals surface area (Å²) in [5.41, 5.74) is 1.23. The van der Waals surface area contributed by atoms with Crippen LogP contribution in [0.1, 0.15) is 37.7 Å². The van der Waals surface area contributed by atoms with E-state index in [0.29, 0.717) is 43.3 Å². The lowest BCUT2D eigenvalue weighted by Gasteiger charge is -2.31. The van der Waals surface area contributed by atoms with Crippen LogP contribution in [0.25, 0.3) is 0 Å². The maximum Gasteiger partial charge on any atom is 0.243 e. The second kappa shape index (κ2) is 9.34. The van der Waals surface area contributed by atoms with Crippen LogP contribution in [-0.2, 0) is 14.8 Å². The number of hydrogen-bond acceptors (Lipinski definition) is 3. The van der Waals surface area contributed by atoms with Crippen LogP contribution in [0.15, 0.2) is 65.6 Å². The van der Waals surface area contributed by atoms with Crippen LogP contribution in [0.4, 0.5) is 0 Å². The van der Waals surface area contributed by atoms with E-state index in [1.165, 1.54) is 9.87 Å². The van der Waals surface area contributed by atoms with Gasteiger partial charge in [0.2, 0.25) is 15.9 Å². The lowest BCUT2D eigenvalue weighted by Crippen LogP contribution is -2.43. The molecule has 6 heteroatoms. The third kappa shape index (κ3) is 4.80. The lowest BCUT2D eigenvalue weighted by atomic mass is 9.94. The summed E-state index contributed by atoms with van der Waals surface area (Å²) in [6.45, 7) is 3.50. The van der Waals surface area contributed by atoms with Crippen molar-refractivity contribution in [1.29, 1.82) is 0 Å². The summed E-state index contributed by atoms with van der Waals surface area (Å²) in [5.74, 6) is 0.199. The molecule has 3 rings (SSSR count). The van der Waals surface area contributed by atoms with Gasteiger partial charge in [0, 0.05) is 31.5 Å². The van der Waals surface area contributed by atoms with Gasteiger partial charge in [0.25, 0.3) is 0 Å². The summed E-state index contributed by atoms with van der Waals surface area (Å²) >= 11 is 0. The third-order valence-corrected chi connectivity index (χ3v) is 7.41. The van der Waals surface area contributed by atoms with Crippen LogP contribution in [0.5, 0.6) is 0 Å². The predicted octanol–water partition coefficient (Wildman–Crippen LogP) is 3.40. The zero-order chi connectivity index (χ0) is 20.0. The first-order chi connectivity index (χ1) is 13.5. The van der Waals surface area contributed by atoms with Gasteiger partial charge in [0.05, 0.1) is 4.90 Å². The van der Waals surface area contributed by atoms with Crippen molar-refractivity contribution >= 4 is 15.9 Å². The SMILES string of the molecule is CCC(CNC(=O)C1CCN(S(=O)(=O)c2ccccc2)CC1)c1ccccc1. The van der Waals surface area contributed by atoms with Gasteiger partial charge in [-0.3, -0.25) is 4.79 Å². The predicted molar refractivity (Wildman–Crippen MR) is 110 cm³/mol. The summed E-state index contributed by atoms with van der Waals surface area (Å²) in [6, 6.07) is 18.7. The number of nitrogens with one attached hydrogen (secondary N) is 1. The third-order valence-electron chi connectivity index (χ3n) is 5.49. The van der Waals surface area contributed by atoms with Gasteiger partial charge in [0.1, 0.15) is 0 Å². The Morgan fingerprint density at radius 1 is 1.04 bits per heavy atom. The molecule has 1 unspecified atom stereocenters. The number of amides is 1. The minimum atomic E-state index is -3.48. The first kappa shape index (κ1) is 20.6. The van der Waals surface area contributed by atoms with Gasteiger partial charge in [-0.25, -0.2) is 8.42 Å². The molecule has 1 aliphatic rings. The number of benzene rings is 2. The maximum absolute atomic E-state index is 12.7. The molecule has 5 nitrogen and oxygen atoms in total. The van der Waals surface area contributed by atoms with Crippen LogP contribution in [0, 0.1) is 5.92 Å². The second-order valence-electron chi connectivity index (χ2n) is 7.25. The maximum atomic E-state index is 12.7. The Morgan fingerprint density at radius 2 is 1.61 bits per heavy atom. The number of carbonyl (C=O) groups is 1. The van der Waals surface area contributed by atoms with E-state index >= 15 is 0 Å². The molecule has 1 saturated heterocycles. The van der Waals surface area contributed by atoms with E-state index in [4.69, 9.17) is 0 Å². The Balaban J connectivity index is 1.52. The van der Waals surface area contributed by atoms with E-state index in [1.54, 1.807) is 30.3 Å². The highest BCUT2D eigenvalue weighted by molar-refractivity contribution is 7.89. The van der Waals surface area contributed by atoms with Gasteiger partial charge in [-0.15, -0.1) is 0 Å². The van der Waals surface area contributed by atoms with E-state index in [1.807, 2.05) is 18.2 Å². The van der Waals surface area contributed by atoms with Crippen molar-refractivity contribution in [3.05, 3.63) is 66.2 Å². The molecule has 1 atom stereocenters. The van der Waals surface area contributed by atoms with E-state index < -0.39 is 10.0 Å². The Kier molecular flexibility index (Phi) is 6.86. The summed E-state index contributed by atoms with van der Waals surface area (Å²) in [7, 11) is -3.48. The first-order valence-corrected chi connectivity index (χ1v) is 11.3. The van der Waals surface area contributed by atoms with Gasteiger partial charge in [-0.2, -0.15) is 4.31 Å². The van der Waals surface area contributed by atoms with Crippen LogP contribution in [0.2, 0.25) is 0 Å². The highest BCUT2D eigenvalue weighted by atomic mass is 32.2. The average Bonchev–Trinajstić information content (AvgIpc) is 2.75. The molecule has 1 aliphatic heterocycles. The molecule has 28 heavy (non-hydrogen) atoms. The molecule has 1 fully saturated rings. The quantitative estimate of drug-likeness (QED) is 0.775. The normalized spacial score (nSPS) is 17.2. The van der Waals surface area contributed by atoms with Gasteiger partial charge >= 0.3 is 0 Å². The fourth-order valence-electron chi connectivity index (χ4n) is 3.69. The Morgan fingerprint density at radius 3 is 2.18 bits per heavy atom. The number of hydrogen-bond donors (Lipinski definition) is 1. The van der Waals surface area contributed by atoms with E-state index in [-0.39, 0.29) is 11.8 Å². The summed E-state index contributed by atoms with van der Waals surface area (Å²) in [5, 5.41) is 3.08. The molecular formula is C22H28N2O3S. The van der Waals surface area contributed by atoms with Gasteiger partial charge in [-0.05, 0) is 37.0 Å². The molecule has 150 valence electrons. The molecule has 1 N–H and O–H groups in total. The molecule has 0 radical (unpaired) electrons. The zero-order valence-corrected chi connectivity index (χ0v) is 17.1. The molecule has 0 aromatic heterocycles. The van der Waals surface area contributed by atoms with E-state index in [9.17, 15) is 13.2 Å². The topological polar surface area (TPSA) is 66.5 Å². The molecule has 2 aromatic rings. The van der Waals surface area contributed by atoms with Gasteiger partial charge in [0.15, 0.2) is 0 Å². The van der Waals surface area contributed by atoms with Crippen LogP contribution in [-0.4, -0.2) is 38.3 Å². The number of nitrogens with zero attached hydrogens (tertiary/aromatic N) is 1. The Bertz CT molecular complexity index is 861. The number of carbonyl (C=O) groups excluding carboxylic acids is 1. The Labute approximate surface area is 167 Å². The fraction of sp³-hybridized carbons (Fsp3) is 0.409. The minimum absolute atomic E-state index is 0.0335. The highest BCUT2D eigenvalue weighted by Gasteiger charge is 2.32. The number of rotatable bonds is 7. The van der Waals surface area contributed by atoms with Crippen LogP contribution < -0.4 is 5.32 Å². The largest absolute Gasteiger partial charge is 0.355 e. The van der Waals surface area contributed by atoms with Crippen molar-refractivity contribution in [3.63, 3.8) is 0 Å². The minimum Gasteiger partial charge on any atom is -0.355 e. The standard InChI is InChI=1S/C22H28N2O3S/c1-2-18(19-9-5-3-6-10-19)17-23-22(25)20-13-15-24(16-14-20)28(26,27)21-11-7-4-8-12-21/h3-12,18,20H,2,13-17H2,1H3,(H,23,25). The van der Waals surface area contributed by atoms with Crippen molar-refractivity contribution in [2.24, 2.45) is 5.92 Å². The van der Waals surface area contributed by atoms with E-state index in [2.05, 4.69) is 24.4 Å². The molecule has 0 aliphatic carbocycles. The first-order valence-electron chi connectivity index (χ1n) is 9.90. The number of sulfonamides is 1. The molecule has 1 heterocycles. The number of piperidine rings is 1. The zero-order valence-electron chi connectivity index (χ0n) is 16.3. The van der Waals surface area contributed by atoms with Gasteiger partial charge < -0.3 is 5.32 Å². The fourth-order valence-corrected chi connectivity index (χ4v) is 5.18. The monoisotopic (exact) mass is 400 g/mol. The molecule has 0 bridgehead atoms. The highest BCUT2D eigenvalue weighted by Crippen LogP contribution is 2.24. The molecular weight excluding hydrogens is 372 g/mol. The second-order valence-corrected chi connectivity index (χ2v) is 9.19. The van der Waals surface area contributed by atoms with Crippen LogP contribution >= 0.6 is 0 Å². The molecule has 2 aromatic carbocycles. The summed E-state index contributed by atoms with van der Waals surface area (Å²) in [4.78, 5) is 12.9. The summed E-state index contributed by atoms with van der Waals surface area (Å²) < 4.78 is 26.9. The van der Waals surface area contributed by atoms with E-state index in [0.717, 1.165) is 6.42 Å². The van der Waals surface area contributed by atoms with Crippen molar-refractivity contribution in [2.75, 3.05) is 19.6 Å². The molecule has 0 saturated carbocycles. The van der Waals surface area contributed by atoms with Crippen molar-refractivity contribution in [3.8, 4) is 0 Å². The molecule has 1 amide bonds.